The van der Waals surface area contributed by atoms with Gasteiger partial charge in [0.15, 0.2) is 0 Å². The van der Waals surface area contributed by atoms with Crippen LogP contribution in [0.1, 0.15) is 200 Å². The molecule has 0 aromatic rings. The van der Waals surface area contributed by atoms with Crippen LogP contribution in [-0.4, -0.2) is 46.1 Å². The molecular weight excluding hydrogens is 582 g/mol. The standard InChI is InChI=1S/C42H79NO4/c1-3-5-7-9-11-12-13-14-15-16-17-18-19-20-21-22-23-24-25-26-27-28-30-32-34-36-41(46)40(38-44)43-42(47)37-39(45)35-33-31-29-10-8-6-4-2/h27-28,31,33-34,36,39-41,44-46H,3-26,29-30,32,35,37-38H2,1-2H3,(H,43,47)/b28-27+,33-31-,36-34+. The smallest absolute Gasteiger partial charge is 0.223 e. The van der Waals surface area contributed by atoms with Crippen molar-refractivity contribution < 1.29 is 20.1 Å². The predicted molar refractivity (Wildman–Crippen MR) is 204 cm³/mol. The zero-order valence-corrected chi connectivity index (χ0v) is 31.2. The Hall–Kier alpha value is -1.43. The quantitative estimate of drug-likeness (QED) is 0.0397. The Morgan fingerprint density at radius 3 is 1.38 bits per heavy atom. The molecule has 276 valence electrons. The largest absolute Gasteiger partial charge is 0.394 e. The molecule has 4 N–H and O–H groups in total. The van der Waals surface area contributed by atoms with Crippen molar-refractivity contribution in [3.8, 4) is 0 Å². The van der Waals surface area contributed by atoms with Crippen LogP contribution in [0, 0.1) is 0 Å². The second-order valence-corrected chi connectivity index (χ2v) is 13.9. The van der Waals surface area contributed by atoms with Crippen LogP contribution in [0.2, 0.25) is 0 Å². The maximum absolute atomic E-state index is 12.3. The fraction of sp³-hybridized carbons (Fsp3) is 0.833. The van der Waals surface area contributed by atoms with Gasteiger partial charge in [-0.2, -0.15) is 0 Å². The summed E-state index contributed by atoms with van der Waals surface area (Å²) < 4.78 is 0. The van der Waals surface area contributed by atoms with Gasteiger partial charge in [-0.05, 0) is 44.9 Å². The van der Waals surface area contributed by atoms with Crippen LogP contribution in [0.3, 0.4) is 0 Å². The minimum Gasteiger partial charge on any atom is -0.394 e. The normalized spacial score (nSPS) is 14.1. The van der Waals surface area contributed by atoms with Crippen LogP contribution >= 0.6 is 0 Å². The van der Waals surface area contributed by atoms with Crippen molar-refractivity contribution in [2.45, 2.75) is 218 Å². The third kappa shape index (κ3) is 34.2. The second-order valence-electron chi connectivity index (χ2n) is 13.9. The molecule has 0 saturated carbocycles. The highest BCUT2D eigenvalue weighted by Gasteiger charge is 2.19. The molecule has 0 saturated heterocycles. The summed E-state index contributed by atoms with van der Waals surface area (Å²) in [6.45, 7) is 4.12. The Morgan fingerprint density at radius 2 is 0.915 bits per heavy atom. The Kier molecular flexibility index (Phi) is 36.3. The predicted octanol–water partition coefficient (Wildman–Crippen LogP) is 11.2. The van der Waals surface area contributed by atoms with Crippen molar-refractivity contribution in [2.24, 2.45) is 0 Å². The Labute approximate surface area is 292 Å². The zero-order valence-electron chi connectivity index (χ0n) is 31.2. The fourth-order valence-corrected chi connectivity index (χ4v) is 6.00. The molecule has 0 bridgehead atoms. The molecular formula is C42H79NO4. The van der Waals surface area contributed by atoms with Crippen LogP contribution in [0.15, 0.2) is 36.5 Å². The first-order valence-corrected chi connectivity index (χ1v) is 20.3. The van der Waals surface area contributed by atoms with E-state index in [0.29, 0.717) is 6.42 Å². The van der Waals surface area contributed by atoms with E-state index in [0.717, 1.165) is 32.1 Å². The molecule has 0 radical (unpaired) electrons. The van der Waals surface area contributed by atoms with Crippen molar-refractivity contribution in [3.05, 3.63) is 36.5 Å². The van der Waals surface area contributed by atoms with E-state index in [2.05, 4.69) is 37.4 Å². The lowest BCUT2D eigenvalue weighted by molar-refractivity contribution is -0.124. The van der Waals surface area contributed by atoms with Gasteiger partial charge in [-0.3, -0.25) is 4.79 Å². The van der Waals surface area contributed by atoms with E-state index >= 15 is 0 Å². The number of carbonyl (C=O) groups excluding carboxylic acids is 1. The average Bonchev–Trinajstić information content (AvgIpc) is 3.06. The third-order valence-corrected chi connectivity index (χ3v) is 9.15. The Balaban J connectivity index is 3.65. The van der Waals surface area contributed by atoms with E-state index in [9.17, 15) is 20.1 Å². The number of nitrogens with one attached hydrogen (secondary N) is 1. The van der Waals surface area contributed by atoms with Crippen molar-refractivity contribution >= 4 is 5.91 Å². The van der Waals surface area contributed by atoms with Gasteiger partial charge in [-0.25, -0.2) is 0 Å². The summed E-state index contributed by atoms with van der Waals surface area (Å²) in [6.07, 6.45) is 46.1. The van der Waals surface area contributed by atoms with E-state index in [1.165, 1.54) is 141 Å². The highest BCUT2D eigenvalue weighted by Crippen LogP contribution is 2.15. The van der Waals surface area contributed by atoms with Crippen molar-refractivity contribution in [1.82, 2.24) is 5.32 Å². The topological polar surface area (TPSA) is 89.8 Å². The van der Waals surface area contributed by atoms with E-state index in [-0.39, 0.29) is 18.9 Å². The van der Waals surface area contributed by atoms with Gasteiger partial charge in [0.1, 0.15) is 0 Å². The third-order valence-electron chi connectivity index (χ3n) is 9.15. The van der Waals surface area contributed by atoms with Crippen molar-refractivity contribution in [1.29, 1.82) is 0 Å². The van der Waals surface area contributed by atoms with E-state index in [1.807, 2.05) is 12.2 Å². The lowest BCUT2D eigenvalue weighted by atomic mass is 10.0. The van der Waals surface area contributed by atoms with Crippen LogP contribution < -0.4 is 5.32 Å². The van der Waals surface area contributed by atoms with Crippen LogP contribution in [-0.2, 0) is 4.79 Å². The lowest BCUT2D eigenvalue weighted by Gasteiger charge is -2.20. The van der Waals surface area contributed by atoms with Gasteiger partial charge in [0, 0.05) is 0 Å². The number of unbranched alkanes of at least 4 members (excludes halogenated alkanes) is 24. The molecule has 3 unspecified atom stereocenters. The van der Waals surface area contributed by atoms with Gasteiger partial charge in [0.2, 0.25) is 5.91 Å². The molecule has 0 rings (SSSR count). The number of allylic oxidation sites excluding steroid dienone is 4. The van der Waals surface area contributed by atoms with Gasteiger partial charge in [0.25, 0.3) is 0 Å². The molecule has 0 aliphatic heterocycles. The summed E-state index contributed by atoms with van der Waals surface area (Å²) >= 11 is 0. The van der Waals surface area contributed by atoms with Crippen molar-refractivity contribution in [3.63, 3.8) is 0 Å². The van der Waals surface area contributed by atoms with Gasteiger partial charge in [-0.15, -0.1) is 0 Å². The molecule has 3 atom stereocenters. The number of hydrogen-bond acceptors (Lipinski definition) is 4. The summed E-state index contributed by atoms with van der Waals surface area (Å²) in [4.78, 5) is 12.3. The van der Waals surface area contributed by atoms with E-state index in [1.54, 1.807) is 6.08 Å². The summed E-state index contributed by atoms with van der Waals surface area (Å²) in [5.41, 5.74) is 0. The number of rotatable bonds is 36. The molecule has 5 nitrogen and oxygen atoms in total. The van der Waals surface area contributed by atoms with Gasteiger partial charge < -0.3 is 20.6 Å². The van der Waals surface area contributed by atoms with E-state index < -0.39 is 18.2 Å². The highest BCUT2D eigenvalue weighted by molar-refractivity contribution is 5.76. The average molecular weight is 662 g/mol. The molecule has 0 heterocycles. The number of aliphatic hydroxyl groups is 3. The molecule has 0 aromatic heterocycles. The number of aliphatic hydroxyl groups excluding tert-OH is 3. The summed E-state index contributed by atoms with van der Waals surface area (Å²) in [5.74, 6) is -0.363. The van der Waals surface area contributed by atoms with Crippen LogP contribution in [0.5, 0.6) is 0 Å². The molecule has 5 heteroatoms. The molecule has 0 aliphatic carbocycles. The minimum absolute atomic E-state index is 0.0442. The minimum atomic E-state index is -0.961. The second kappa shape index (κ2) is 37.4. The molecule has 47 heavy (non-hydrogen) atoms. The molecule has 0 aliphatic rings. The van der Waals surface area contributed by atoms with Crippen LogP contribution in [0.25, 0.3) is 0 Å². The summed E-state index contributed by atoms with van der Waals surface area (Å²) in [6, 6.07) is -0.773. The number of amides is 1. The molecule has 1 amide bonds. The van der Waals surface area contributed by atoms with Crippen molar-refractivity contribution in [2.75, 3.05) is 6.61 Å². The molecule has 0 aromatic carbocycles. The molecule has 0 fully saturated rings. The number of hydrogen-bond donors (Lipinski definition) is 4. The monoisotopic (exact) mass is 662 g/mol. The number of carbonyl (C=O) groups is 1. The fourth-order valence-electron chi connectivity index (χ4n) is 6.00. The highest BCUT2D eigenvalue weighted by atomic mass is 16.3. The first-order chi connectivity index (χ1) is 23.0. The first kappa shape index (κ1) is 45.6. The Bertz CT molecular complexity index is 734. The van der Waals surface area contributed by atoms with Gasteiger partial charge >= 0.3 is 0 Å². The summed E-state index contributed by atoms with van der Waals surface area (Å²) in [7, 11) is 0. The maximum atomic E-state index is 12.3. The van der Waals surface area contributed by atoms with E-state index in [4.69, 9.17) is 0 Å². The lowest BCUT2D eigenvalue weighted by Crippen LogP contribution is -2.45. The maximum Gasteiger partial charge on any atom is 0.223 e. The SMILES string of the molecule is CCCCCC/C=C\CC(O)CC(=O)NC(CO)C(O)/C=C/CC/C=C/CCCCCCCCCCCCCCCCCCCCC. The summed E-state index contributed by atoms with van der Waals surface area (Å²) in [5, 5.41) is 32.8. The van der Waals surface area contributed by atoms with Gasteiger partial charge in [0.05, 0.1) is 31.3 Å². The Morgan fingerprint density at radius 1 is 0.532 bits per heavy atom. The first-order valence-electron chi connectivity index (χ1n) is 20.3. The molecule has 0 spiro atoms. The van der Waals surface area contributed by atoms with Crippen LogP contribution in [0.4, 0.5) is 0 Å². The van der Waals surface area contributed by atoms with Gasteiger partial charge in [-0.1, -0.05) is 185 Å². The zero-order chi connectivity index (χ0) is 34.5.